The van der Waals surface area contributed by atoms with Crippen LogP contribution in [0.5, 0.6) is 0 Å². The summed E-state index contributed by atoms with van der Waals surface area (Å²) in [4.78, 5) is 6.20. The molecule has 1 nitrogen and oxygen atoms in total. The van der Waals surface area contributed by atoms with Crippen LogP contribution in [-0.2, 0) is 25.7 Å². The lowest BCUT2D eigenvalue weighted by atomic mass is 10.1. The molecule has 1 unspecified atom stereocenters. The standard InChI is InChI=1S/C18H25NS2/c1-3-14-9-10-15(20-14)12-16(19-2)18-11-13-7-5-4-6-8-17(13)21-18/h9-11,16,19H,3-8,12H2,1-2H3. The average molecular weight is 320 g/mol. The summed E-state index contributed by atoms with van der Waals surface area (Å²) in [5.41, 5.74) is 1.63. The molecule has 3 heteroatoms. The van der Waals surface area contributed by atoms with Gasteiger partial charge >= 0.3 is 0 Å². The Balaban J connectivity index is 1.76. The molecule has 1 atom stereocenters. The topological polar surface area (TPSA) is 12.0 Å². The van der Waals surface area contributed by atoms with Gasteiger partial charge in [-0.2, -0.15) is 0 Å². The van der Waals surface area contributed by atoms with Crippen molar-refractivity contribution in [2.75, 3.05) is 7.05 Å². The predicted octanol–water partition coefficient (Wildman–Crippen LogP) is 5.14. The second-order valence-corrected chi connectivity index (χ2v) is 8.35. The van der Waals surface area contributed by atoms with E-state index in [1.54, 1.807) is 10.4 Å². The Morgan fingerprint density at radius 1 is 1.10 bits per heavy atom. The van der Waals surface area contributed by atoms with Gasteiger partial charge in [-0.15, -0.1) is 22.7 Å². The Morgan fingerprint density at radius 2 is 1.90 bits per heavy atom. The maximum atomic E-state index is 3.54. The van der Waals surface area contributed by atoms with Crippen molar-refractivity contribution in [3.05, 3.63) is 43.3 Å². The second-order valence-electron chi connectivity index (χ2n) is 5.92. The smallest absolute Gasteiger partial charge is 0.0461 e. The van der Waals surface area contributed by atoms with Gasteiger partial charge in [-0.05, 0) is 62.9 Å². The van der Waals surface area contributed by atoms with Crippen LogP contribution in [-0.4, -0.2) is 7.05 Å². The molecule has 0 saturated heterocycles. The molecule has 0 aromatic carbocycles. The largest absolute Gasteiger partial charge is 0.312 e. The van der Waals surface area contributed by atoms with Crippen molar-refractivity contribution < 1.29 is 0 Å². The highest BCUT2D eigenvalue weighted by Gasteiger charge is 2.18. The van der Waals surface area contributed by atoms with Crippen LogP contribution < -0.4 is 5.32 Å². The lowest BCUT2D eigenvalue weighted by molar-refractivity contribution is 0.606. The van der Waals surface area contributed by atoms with Crippen LogP contribution in [0.15, 0.2) is 18.2 Å². The Kier molecular flexibility index (Phi) is 5.15. The fourth-order valence-electron chi connectivity index (χ4n) is 3.13. The van der Waals surface area contributed by atoms with E-state index in [4.69, 9.17) is 0 Å². The monoisotopic (exact) mass is 319 g/mol. The van der Waals surface area contributed by atoms with E-state index in [0.717, 1.165) is 12.8 Å². The third kappa shape index (κ3) is 3.58. The molecule has 1 aliphatic rings. The predicted molar refractivity (Wildman–Crippen MR) is 94.8 cm³/mol. The fourth-order valence-corrected chi connectivity index (χ4v) is 5.50. The third-order valence-electron chi connectivity index (χ3n) is 4.43. The van der Waals surface area contributed by atoms with Crippen molar-refractivity contribution in [2.45, 2.75) is 57.9 Å². The minimum atomic E-state index is 0.477. The number of thiophene rings is 2. The first-order chi connectivity index (χ1) is 10.3. The van der Waals surface area contributed by atoms with Crippen LogP contribution in [0.25, 0.3) is 0 Å². The fraction of sp³-hybridized carbons (Fsp3) is 0.556. The molecule has 0 radical (unpaired) electrons. The molecule has 3 rings (SSSR count). The molecule has 0 bridgehead atoms. The maximum absolute atomic E-state index is 3.54. The molecule has 2 aromatic rings. The van der Waals surface area contributed by atoms with E-state index in [2.05, 4.69) is 48.8 Å². The number of likely N-dealkylation sites (N-methyl/N-ethyl adjacent to an activating group) is 1. The minimum absolute atomic E-state index is 0.477. The van der Waals surface area contributed by atoms with Gasteiger partial charge in [0.1, 0.15) is 0 Å². The van der Waals surface area contributed by atoms with Gasteiger partial charge in [-0.1, -0.05) is 13.3 Å². The summed E-state index contributed by atoms with van der Waals surface area (Å²) in [5.74, 6) is 0. The summed E-state index contributed by atoms with van der Waals surface area (Å²) in [6.07, 6.45) is 9.03. The Bertz CT molecular complexity index is 558. The van der Waals surface area contributed by atoms with Gasteiger partial charge in [0.15, 0.2) is 0 Å². The second kappa shape index (κ2) is 7.08. The van der Waals surface area contributed by atoms with Crippen LogP contribution in [0, 0.1) is 0 Å². The van der Waals surface area contributed by atoms with Crippen LogP contribution in [0.1, 0.15) is 57.3 Å². The molecule has 1 aliphatic carbocycles. The van der Waals surface area contributed by atoms with E-state index in [1.807, 2.05) is 11.3 Å². The van der Waals surface area contributed by atoms with Crippen molar-refractivity contribution in [2.24, 2.45) is 0 Å². The number of aryl methyl sites for hydroxylation is 3. The number of hydrogen-bond acceptors (Lipinski definition) is 3. The lowest BCUT2D eigenvalue weighted by Gasteiger charge is -2.13. The van der Waals surface area contributed by atoms with E-state index in [-0.39, 0.29) is 0 Å². The highest BCUT2D eigenvalue weighted by molar-refractivity contribution is 7.12. The van der Waals surface area contributed by atoms with Crippen LogP contribution in [0.2, 0.25) is 0 Å². The lowest BCUT2D eigenvalue weighted by Crippen LogP contribution is -2.17. The maximum Gasteiger partial charge on any atom is 0.0461 e. The summed E-state index contributed by atoms with van der Waals surface area (Å²) in [6.45, 7) is 2.24. The highest BCUT2D eigenvalue weighted by Crippen LogP contribution is 2.34. The van der Waals surface area contributed by atoms with Gasteiger partial charge in [0.05, 0.1) is 0 Å². The van der Waals surface area contributed by atoms with Crippen molar-refractivity contribution in [3.8, 4) is 0 Å². The number of rotatable bonds is 5. The SMILES string of the molecule is CCc1ccc(CC(NC)c2cc3c(s2)CCCCC3)s1. The van der Waals surface area contributed by atoms with Crippen LogP contribution in [0.3, 0.4) is 0 Å². The zero-order chi connectivity index (χ0) is 14.7. The molecule has 2 heterocycles. The zero-order valence-electron chi connectivity index (χ0n) is 13.1. The van der Waals surface area contributed by atoms with Gasteiger partial charge in [-0.3, -0.25) is 0 Å². The summed E-state index contributed by atoms with van der Waals surface area (Å²) >= 11 is 4.03. The molecule has 2 aromatic heterocycles. The molecule has 0 amide bonds. The minimum Gasteiger partial charge on any atom is -0.312 e. The molecule has 1 N–H and O–H groups in total. The normalized spacial score (nSPS) is 16.5. The molecule has 0 aliphatic heterocycles. The van der Waals surface area contributed by atoms with Crippen LogP contribution >= 0.6 is 22.7 Å². The number of fused-ring (bicyclic) bond motifs is 1. The first kappa shape index (κ1) is 15.3. The Labute approximate surface area is 136 Å². The van der Waals surface area contributed by atoms with E-state index in [9.17, 15) is 0 Å². The summed E-state index contributed by atoms with van der Waals surface area (Å²) in [6, 6.07) is 7.56. The first-order valence-corrected chi connectivity index (χ1v) is 9.79. The third-order valence-corrected chi connectivity index (χ3v) is 7.03. The van der Waals surface area contributed by atoms with E-state index < -0.39 is 0 Å². The van der Waals surface area contributed by atoms with Crippen LogP contribution in [0.4, 0.5) is 0 Å². The molecule has 114 valence electrons. The van der Waals surface area contributed by atoms with Crippen molar-refractivity contribution in [3.63, 3.8) is 0 Å². The van der Waals surface area contributed by atoms with Crippen molar-refractivity contribution in [1.29, 1.82) is 0 Å². The van der Waals surface area contributed by atoms with Gasteiger partial charge < -0.3 is 5.32 Å². The van der Waals surface area contributed by atoms with Crippen molar-refractivity contribution >= 4 is 22.7 Å². The van der Waals surface area contributed by atoms with E-state index >= 15 is 0 Å². The Hall–Kier alpha value is -0.640. The molecular weight excluding hydrogens is 294 g/mol. The van der Waals surface area contributed by atoms with E-state index in [0.29, 0.717) is 6.04 Å². The van der Waals surface area contributed by atoms with E-state index in [1.165, 1.54) is 46.7 Å². The van der Waals surface area contributed by atoms with Gasteiger partial charge in [0.2, 0.25) is 0 Å². The summed E-state index contributed by atoms with van der Waals surface area (Å²) < 4.78 is 0. The van der Waals surface area contributed by atoms with Gasteiger partial charge in [0, 0.05) is 32.0 Å². The first-order valence-electron chi connectivity index (χ1n) is 8.16. The Morgan fingerprint density at radius 3 is 2.67 bits per heavy atom. The quantitative estimate of drug-likeness (QED) is 0.752. The summed E-state index contributed by atoms with van der Waals surface area (Å²) in [5, 5.41) is 3.54. The van der Waals surface area contributed by atoms with Crippen molar-refractivity contribution in [1.82, 2.24) is 5.32 Å². The molecule has 0 spiro atoms. The molecule has 21 heavy (non-hydrogen) atoms. The van der Waals surface area contributed by atoms with Gasteiger partial charge in [-0.25, -0.2) is 0 Å². The number of hydrogen-bond donors (Lipinski definition) is 1. The zero-order valence-corrected chi connectivity index (χ0v) is 14.7. The number of nitrogens with one attached hydrogen (secondary N) is 1. The van der Waals surface area contributed by atoms with Gasteiger partial charge in [0.25, 0.3) is 0 Å². The molecule has 0 saturated carbocycles. The highest BCUT2D eigenvalue weighted by atomic mass is 32.1. The average Bonchev–Trinajstić information content (AvgIpc) is 3.06. The molecular formula is C18H25NS2. The molecule has 0 fully saturated rings. The summed E-state index contributed by atoms with van der Waals surface area (Å²) in [7, 11) is 2.10.